The molecule has 0 radical (unpaired) electrons. The first kappa shape index (κ1) is 15.8. The van der Waals surface area contributed by atoms with Crippen molar-refractivity contribution in [1.29, 1.82) is 0 Å². The number of amides is 1. The Morgan fingerprint density at radius 2 is 1.95 bits per heavy atom. The van der Waals surface area contributed by atoms with Crippen LogP contribution in [0.2, 0.25) is 0 Å². The first-order valence-corrected chi connectivity index (χ1v) is 7.83. The molecule has 0 bridgehead atoms. The third-order valence-electron chi connectivity index (χ3n) is 4.05. The number of carbonyl (C=O) groups is 1. The molecule has 0 saturated heterocycles. The van der Waals surface area contributed by atoms with Crippen LogP contribution in [0.15, 0.2) is 24.3 Å². The van der Waals surface area contributed by atoms with Gasteiger partial charge < -0.3 is 15.8 Å². The normalized spacial score (nSPS) is 22.2. The Hall–Kier alpha value is -1.55. The summed E-state index contributed by atoms with van der Waals surface area (Å²) in [5, 5.41) is 3.58. The first-order valence-electron chi connectivity index (χ1n) is 7.83. The van der Waals surface area contributed by atoms with Crippen LogP contribution in [0.5, 0.6) is 5.75 Å². The average molecular weight is 290 g/mol. The highest BCUT2D eigenvalue weighted by molar-refractivity contribution is 5.76. The molecule has 21 heavy (non-hydrogen) atoms. The van der Waals surface area contributed by atoms with Gasteiger partial charge in [-0.05, 0) is 45.6 Å². The molecule has 116 valence electrons. The standard InChI is InChI=1S/C17H26N2O2/c1-12(2)21-16-6-4-3-5-14(16)11-19-15-9-7-13(8-10-15)17(18)20/h3-6,12-13,15,19H,7-11H2,1-2H3,(H2,18,20). The van der Waals surface area contributed by atoms with E-state index in [4.69, 9.17) is 10.5 Å². The SMILES string of the molecule is CC(C)Oc1ccccc1CNC1CCC(C(N)=O)CC1. The van der Waals surface area contributed by atoms with Crippen LogP contribution in [0, 0.1) is 5.92 Å². The van der Waals surface area contributed by atoms with Crippen molar-refractivity contribution in [2.75, 3.05) is 0 Å². The predicted molar refractivity (Wildman–Crippen MR) is 84.0 cm³/mol. The molecule has 2 rings (SSSR count). The highest BCUT2D eigenvalue weighted by atomic mass is 16.5. The maximum absolute atomic E-state index is 11.2. The third-order valence-corrected chi connectivity index (χ3v) is 4.05. The maximum Gasteiger partial charge on any atom is 0.220 e. The van der Waals surface area contributed by atoms with Crippen molar-refractivity contribution in [3.8, 4) is 5.75 Å². The Balaban J connectivity index is 1.85. The lowest BCUT2D eigenvalue weighted by Gasteiger charge is -2.27. The minimum atomic E-state index is -0.149. The molecular formula is C17H26N2O2. The molecule has 0 aliphatic heterocycles. The second-order valence-corrected chi connectivity index (χ2v) is 6.11. The van der Waals surface area contributed by atoms with Gasteiger partial charge in [-0.1, -0.05) is 18.2 Å². The van der Waals surface area contributed by atoms with Crippen molar-refractivity contribution >= 4 is 5.91 Å². The second-order valence-electron chi connectivity index (χ2n) is 6.11. The Morgan fingerprint density at radius 1 is 1.29 bits per heavy atom. The van der Waals surface area contributed by atoms with Crippen LogP contribution in [0.4, 0.5) is 0 Å². The number of nitrogens with one attached hydrogen (secondary N) is 1. The van der Waals surface area contributed by atoms with Gasteiger partial charge in [-0.3, -0.25) is 4.79 Å². The summed E-state index contributed by atoms with van der Waals surface area (Å²) < 4.78 is 5.83. The first-order chi connectivity index (χ1) is 10.1. The molecular weight excluding hydrogens is 264 g/mol. The molecule has 1 fully saturated rings. The van der Waals surface area contributed by atoms with Gasteiger partial charge in [-0.2, -0.15) is 0 Å². The van der Waals surface area contributed by atoms with Crippen LogP contribution >= 0.6 is 0 Å². The lowest BCUT2D eigenvalue weighted by molar-refractivity contribution is -0.122. The molecule has 4 nitrogen and oxygen atoms in total. The van der Waals surface area contributed by atoms with E-state index >= 15 is 0 Å². The van der Waals surface area contributed by atoms with Crippen molar-refractivity contribution in [3.63, 3.8) is 0 Å². The molecule has 0 heterocycles. The van der Waals surface area contributed by atoms with Gasteiger partial charge in [0, 0.05) is 24.1 Å². The smallest absolute Gasteiger partial charge is 0.220 e. The lowest BCUT2D eigenvalue weighted by atomic mass is 9.85. The van der Waals surface area contributed by atoms with Gasteiger partial charge >= 0.3 is 0 Å². The Labute approximate surface area is 127 Å². The van der Waals surface area contributed by atoms with Crippen LogP contribution in [-0.2, 0) is 11.3 Å². The average Bonchev–Trinajstić information content (AvgIpc) is 2.46. The van der Waals surface area contributed by atoms with Crippen LogP contribution in [0.1, 0.15) is 45.1 Å². The number of benzene rings is 1. The van der Waals surface area contributed by atoms with Gasteiger partial charge in [-0.25, -0.2) is 0 Å². The molecule has 0 unspecified atom stereocenters. The Morgan fingerprint density at radius 3 is 2.57 bits per heavy atom. The molecule has 0 atom stereocenters. The van der Waals surface area contributed by atoms with Gasteiger partial charge in [0.1, 0.15) is 5.75 Å². The topological polar surface area (TPSA) is 64.3 Å². The van der Waals surface area contributed by atoms with Crippen molar-refractivity contribution < 1.29 is 9.53 Å². The highest BCUT2D eigenvalue weighted by Crippen LogP contribution is 2.25. The largest absolute Gasteiger partial charge is 0.491 e. The van der Waals surface area contributed by atoms with E-state index in [-0.39, 0.29) is 17.9 Å². The van der Waals surface area contributed by atoms with Crippen molar-refractivity contribution in [1.82, 2.24) is 5.32 Å². The second kappa shape index (κ2) is 7.46. The van der Waals surface area contributed by atoms with Gasteiger partial charge in [-0.15, -0.1) is 0 Å². The molecule has 0 spiro atoms. The van der Waals surface area contributed by atoms with E-state index < -0.39 is 0 Å². The number of ether oxygens (including phenoxy) is 1. The molecule has 1 saturated carbocycles. The van der Waals surface area contributed by atoms with E-state index in [9.17, 15) is 4.79 Å². The van der Waals surface area contributed by atoms with Crippen LogP contribution in [-0.4, -0.2) is 18.1 Å². The summed E-state index contributed by atoms with van der Waals surface area (Å²) in [4.78, 5) is 11.2. The minimum Gasteiger partial charge on any atom is -0.491 e. The zero-order valence-electron chi connectivity index (χ0n) is 13.0. The van der Waals surface area contributed by atoms with Gasteiger partial charge in [0.25, 0.3) is 0 Å². The molecule has 1 aliphatic carbocycles. The third kappa shape index (κ3) is 4.74. The summed E-state index contributed by atoms with van der Waals surface area (Å²) in [5.41, 5.74) is 6.55. The molecule has 0 aromatic heterocycles. The van der Waals surface area contributed by atoms with Gasteiger partial charge in [0.05, 0.1) is 6.10 Å². The number of carbonyl (C=O) groups excluding carboxylic acids is 1. The summed E-state index contributed by atoms with van der Waals surface area (Å²) in [6.45, 7) is 4.87. The molecule has 4 heteroatoms. The van der Waals surface area contributed by atoms with Gasteiger partial charge in [0.15, 0.2) is 0 Å². The fourth-order valence-corrected chi connectivity index (χ4v) is 2.86. The number of hydrogen-bond donors (Lipinski definition) is 2. The van der Waals surface area contributed by atoms with Crippen LogP contribution in [0.25, 0.3) is 0 Å². The summed E-state index contributed by atoms with van der Waals surface area (Å²) in [5.74, 6) is 0.870. The summed E-state index contributed by atoms with van der Waals surface area (Å²) in [7, 11) is 0. The Kier molecular flexibility index (Phi) is 5.62. The summed E-state index contributed by atoms with van der Waals surface area (Å²) >= 11 is 0. The lowest BCUT2D eigenvalue weighted by Crippen LogP contribution is -2.36. The number of hydrogen-bond acceptors (Lipinski definition) is 3. The fraction of sp³-hybridized carbons (Fsp3) is 0.588. The highest BCUT2D eigenvalue weighted by Gasteiger charge is 2.24. The maximum atomic E-state index is 11.2. The van der Waals surface area contributed by atoms with E-state index in [1.807, 2.05) is 32.0 Å². The number of primary amides is 1. The van der Waals surface area contributed by atoms with E-state index in [1.54, 1.807) is 0 Å². The van der Waals surface area contributed by atoms with E-state index in [0.717, 1.165) is 38.0 Å². The van der Waals surface area contributed by atoms with Crippen LogP contribution < -0.4 is 15.8 Å². The minimum absolute atomic E-state index is 0.0691. The van der Waals surface area contributed by atoms with E-state index in [1.165, 1.54) is 5.56 Å². The monoisotopic (exact) mass is 290 g/mol. The van der Waals surface area contributed by atoms with E-state index in [0.29, 0.717) is 6.04 Å². The van der Waals surface area contributed by atoms with Gasteiger partial charge in [0.2, 0.25) is 5.91 Å². The van der Waals surface area contributed by atoms with E-state index in [2.05, 4.69) is 11.4 Å². The van der Waals surface area contributed by atoms with Crippen molar-refractivity contribution in [2.24, 2.45) is 11.7 Å². The molecule has 1 aliphatic rings. The van der Waals surface area contributed by atoms with Crippen LogP contribution in [0.3, 0.4) is 0 Å². The zero-order valence-corrected chi connectivity index (χ0v) is 13.0. The van der Waals surface area contributed by atoms with Crippen molar-refractivity contribution in [3.05, 3.63) is 29.8 Å². The molecule has 1 aromatic rings. The quantitative estimate of drug-likeness (QED) is 0.846. The Bertz CT molecular complexity index is 466. The zero-order chi connectivity index (χ0) is 15.2. The summed E-state index contributed by atoms with van der Waals surface area (Å²) in [6.07, 6.45) is 4.01. The summed E-state index contributed by atoms with van der Waals surface area (Å²) in [6, 6.07) is 8.61. The molecule has 1 amide bonds. The predicted octanol–water partition coefficient (Wildman–Crippen LogP) is 2.61. The number of rotatable bonds is 6. The molecule has 1 aromatic carbocycles. The number of nitrogens with two attached hydrogens (primary N) is 1. The van der Waals surface area contributed by atoms with Crippen molar-refractivity contribution in [2.45, 2.75) is 58.2 Å². The molecule has 3 N–H and O–H groups in total. The number of para-hydroxylation sites is 1. The fourth-order valence-electron chi connectivity index (χ4n) is 2.86.